The molecule has 0 rings (SSSR count). The number of nitrogens with one attached hydrogen (secondary N) is 1. The maximum atomic E-state index is 4.19. The minimum atomic E-state index is 0. The Bertz CT molecular complexity index is 24.9. The van der Waals surface area contributed by atoms with E-state index in [-0.39, 0.29) is 12.4 Å². The fraction of sp³-hybridized carbons (Fsp3) is 1.00. The van der Waals surface area contributed by atoms with E-state index in [1.54, 1.807) is 0 Å². The monoisotopic (exact) mass is 129 g/mol. The Balaban J connectivity index is 0. The van der Waals surface area contributed by atoms with Crippen molar-refractivity contribution in [3.8, 4) is 0 Å². The zero-order valence-electron chi connectivity index (χ0n) is 4.13. The molecule has 5 heteroatoms. The largest absolute Gasteiger partial charge is 0.278 e. The molecule has 0 spiro atoms. The summed E-state index contributed by atoms with van der Waals surface area (Å²) in [6.45, 7) is 0. The van der Waals surface area contributed by atoms with Crippen LogP contribution in [-0.2, 0) is 14.7 Å². The lowest BCUT2D eigenvalue weighted by atomic mass is 11.7. The van der Waals surface area contributed by atoms with Crippen LogP contribution in [0.2, 0.25) is 0 Å². The second kappa shape index (κ2) is 9.46. The summed E-state index contributed by atoms with van der Waals surface area (Å²) in [5, 5.41) is 0. The van der Waals surface area contributed by atoms with Crippen molar-refractivity contribution < 1.29 is 14.7 Å². The van der Waals surface area contributed by atoms with E-state index in [0.29, 0.717) is 0 Å². The van der Waals surface area contributed by atoms with E-state index in [0.717, 1.165) is 0 Å². The normalized spacial score (nSPS) is 7.71. The van der Waals surface area contributed by atoms with Crippen LogP contribution in [-0.4, -0.2) is 14.2 Å². The summed E-state index contributed by atoms with van der Waals surface area (Å²) >= 11 is 0. The minimum absolute atomic E-state index is 0. The van der Waals surface area contributed by atoms with Crippen LogP contribution in [0.25, 0.3) is 0 Å². The van der Waals surface area contributed by atoms with E-state index in [1.807, 2.05) is 5.64 Å². The molecule has 0 saturated heterocycles. The summed E-state index contributed by atoms with van der Waals surface area (Å²) in [5.74, 6) is 0. The van der Waals surface area contributed by atoms with Crippen LogP contribution < -0.4 is 5.64 Å². The SMILES string of the molecule is CONOOC.Cl. The lowest BCUT2D eigenvalue weighted by Gasteiger charge is -1.93. The molecule has 0 heterocycles. The first-order chi connectivity index (χ1) is 2.91. The highest BCUT2D eigenvalue weighted by Crippen LogP contribution is 1.58. The lowest BCUT2D eigenvalue weighted by molar-refractivity contribution is -0.380. The van der Waals surface area contributed by atoms with Crippen LogP contribution in [0, 0.1) is 0 Å². The van der Waals surface area contributed by atoms with E-state index in [2.05, 4.69) is 14.7 Å². The van der Waals surface area contributed by atoms with Gasteiger partial charge in [-0.25, -0.2) is 4.89 Å². The second-order valence-corrected chi connectivity index (χ2v) is 0.537. The van der Waals surface area contributed by atoms with Crippen molar-refractivity contribution in [3.63, 3.8) is 0 Å². The molecular formula is C2H8ClNO3. The van der Waals surface area contributed by atoms with Gasteiger partial charge in [0.25, 0.3) is 0 Å². The van der Waals surface area contributed by atoms with Crippen LogP contribution in [0.1, 0.15) is 0 Å². The van der Waals surface area contributed by atoms with Gasteiger partial charge in [-0.2, -0.15) is 0 Å². The molecule has 0 aromatic heterocycles. The Morgan fingerprint density at radius 3 is 2.00 bits per heavy atom. The van der Waals surface area contributed by atoms with Gasteiger partial charge in [0.1, 0.15) is 0 Å². The molecule has 0 aromatic rings. The van der Waals surface area contributed by atoms with Crippen molar-refractivity contribution >= 4 is 12.4 Å². The second-order valence-electron chi connectivity index (χ2n) is 0.537. The Labute approximate surface area is 48.0 Å². The zero-order valence-corrected chi connectivity index (χ0v) is 4.95. The van der Waals surface area contributed by atoms with Crippen molar-refractivity contribution in [2.45, 2.75) is 0 Å². The van der Waals surface area contributed by atoms with Crippen LogP contribution >= 0.6 is 12.4 Å². The molecule has 0 aliphatic heterocycles. The molecule has 0 aromatic carbocycles. The third kappa shape index (κ3) is 10.7. The van der Waals surface area contributed by atoms with Gasteiger partial charge in [0.15, 0.2) is 0 Å². The summed E-state index contributed by atoms with van der Waals surface area (Å²) in [5.41, 5.74) is 1.98. The zero-order chi connectivity index (χ0) is 4.83. The van der Waals surface area contributed by atoms with Crippen molar-refractivity contribution in [2.24, 2.45) is 0 Å². The van der Waals surface area contributed by atoms with Crippen LogP contribution in [0.4, 0.5) is 0 Å². The molecule has 0 radical (unpaired) electrons. The maximum absolute atomic E-state index is 4.19. The average molecular weight is 130 g/mol. The molecule has 0 aliphatic rings. The Hall–Kier alpha value is 0.130. The predicted molar refractivity (Wildman–Crippen MR) is 25.5 cm³/mol. The molecule has 0 atom stereocenters. The van der Waals surface area contributed by atoms with Gasteiger partial charge in [0.05, 0.1) is 14.2 Å². The predicted octanol–water partition coefficient (Wildman–Crippen LogP) is 0.0522. The minimum Gasteiger partial charge on any atom is -0.278 e. The van der Waals surface area contributed by atoms with E-state index >= 15 is 0 Å². The van der Waals surface area contributed by atoms with Gasteiger partial charge < -0.3 is 0 Å². The Morgan fingerprint density at radius 2 is 1.86 bits per heavy atom. The highest BCUT2D eigenvalue weighted by molar-refractivity contribution is 5.85. The molecule has 0 fully saturated rings. The van der Waals surface area contributed by atoms with E-state index < -0.39 is 0 Å². The standard InChI is InChI=1S/C2H7NO3.ClH/c1-4-3-6-5-2;/h3H,1-2H3;1H. The summed E-state index contributed by atoms with van der Waals surface area (Å²) in [6.07, 6.45) is 0. The lowest BCUT2D eigenvalue weighted by Crippen LogP contribution is -2.10. The van der Waals surface area contributed by atoms with Gasteiger partial charge in [-0.1, -0.05) is 0 Å². The number of halogens is 1. The Kier molecular flexibility index (Phi) is 13.8. The highest BCUT2D eigenvalue weighted by Gasteiger charge is 1.68. The highest BCUT2D eigenvalue weighted by atomic mass is 35.5. The molecule has 0 amide bonds. The van der Waals surface area contributed by atoms with Crippen LogP contribution in [0.15, 0.2) is 0 Å². The van der Waals surface area contributed by atoms with Gasteiger partial charge in [-0.05, 0) is 5.64 Å². The van der Waals surface area contributed by atoms with Gasteiger partial charge in [-0.3, -0.25) is 4.84 Å². The molecule has 0 bridgehead atoms. The van der Waals surface area contributed by atoms with Gasteiger partial charge in [-0.15, -0.1) is 17.4 Å². The van der Waals surface area contributed by atoms with Crippen molar-refractivity contribution in [1.82, 2.24) is 5.64 Å². The topological polar surface area (TPSA) is 39.7 Å². The molecular weight excluding hydrogens is 121 g/mol. The third-order valence-electron chi connectivity index (χ3n) is 0.201. The van der Waals surface area contributed by atoms with Crippen molar-refractivity contribution in [2.75, 3.05) is 14.2 Å². The smallest absolute Gasteiger partial charge is 0.0733 e. The number of rotatable bonds is 3. The molecule has 0 aliphatic carbocycles. The maximum Gasteiger partial charge on any atom is 0.0733 e. The quantitative estimate of drug-likeness (QED) is 0.332. The molecule has 0 unspecified atom stereocenters. The van der Waals surface area contributed by atoms with E-state index in [1.165, 1.54) is 14.2 Å². The molecule has 7 heavy (non-hydrogen) atoms. The van der Waals surface area contributed by atoms with Gasteiger partial charge in [0, 0.05) is 0 Å². The average Bonchev–Trinajstić information content (AvgIpc) is 1.61. The van der Waals surface area contributed by atoms with Crippen LogP contribution in [0.5, 0.6) is 0 Å². The fourth-order valence-corrected chi connectivity index (χ4v) is 0.0680. The van der Waals surface area contributed by atoms with E-state index in [4.69, 9.17) is 0 Å². The van der Waals surface area contributed by atoms with Gasteiger partial charge in [0.2, 0.25) is 0 Å². The van der Waals surface area contributed by atoms with E-state index in [9.17, 15) is 0 Å². The first-order valence-electron chi connectivity index (χ1n) is 1.39. The molecule has 0 saturated carbocycles. The summed E-state index contributed by atoms with van der Waals surface area (Å²) in [6, 6.07) is 0. The Morgan fingerprint density at radius 1 is 1.29 bits per heavy atom. The summed E-state index contributed by atoms with van der Waals surface area (Å²) in [4.78, 5) is 12.2. The first kappa shape index (κ1) is 10.2. The summed E-state index contributed by atoms with van der Waals surface area (Å²) in [7, 11) is 2.78. The molecule has 46 valence electrons. The fourth-order valence-electron chi connectivity index (χ4n) is 0.0680. The number of hydrogen-bond acceptors (Lipinski definition) is 4. The third-order valence-corrected chi connectivity index (χ3v) is 0.201. The van der Waals surface area contributed by atoms with Crippen molar-refractivity contribution in [1.29, 1.82) is 0 Å². The van der Waals surface area contributed by atoms with Crippen LogP contribution in [0.3, 0.4) is 0 Å². The van der Waals surface area contributed by atoms with Crippen molar-refractivity contribution in [3.05, 3.63) is 0 Å². The number of hydrogen-bond donors (Lipinski definition) is 1. The van der Waals surface area contributed by atoms with Gasteiger partial charge >= 0.3 is 0 Å². The molecule has 4 nitrogen and oxygen atoms in total. The summed E-state index contributed by atoms with van der Waals surface area (Å²) < 4.78 is 0. The first-order valence-corrected chi connectivity index (χ1v) is 1.39. The molecule has 1 N–H and O–H groups in total.